The van der Waals surface area contributed by atoms with Crippen molar-refractivity contribution in [1.29, 1.82) is 0 Å². The Morgan fingerprint density at radius 3 is 2.46 bits per heavy atom. The van der Waals surface area contributed by atoms with Crippen molar-refractivity contribution >= 4 is 17.3 Å². The van der Waals surface area contributed by atoms with Crippen molar-refractivity contribution in [1.82, 2.24) is 20.5 Å². The molecule has 1 aromatic rings. The van der Waals surface area contributed by atoms with Crippen molar-refractivity contribution in [2.24, 2.45) is 4.99 Å². The molecule has 0 fully saturated rings. The quantitative estimate of drug-likeness (QED) is 0.576. The van der Waals surface area contributed by atoms with Crippen LogP contribution in [-0.2, 0) is 12.6 Å². The molecule has 0 aliphatic carbocycles. The minimum absolute atomic E-state index is 0.0841. The van der Waals surface area contributed by atoms with Crippen molar-refractivity contribution in [3.8, 4) is 0 Å². The Balaban J connectivity index is 2.56. The van der Waals surface area contributed by atoms with Gasteiger partial charge in [-0.3, -0.25) is 4.99 Å². The summed E-state index contributed by atoms with van der Waals surface area (Å²) in [6, 6.07) is 0. The van der Waals surface area contributed by atoms with Crippen LogP contribution in [0.2, 0.25) is 0 Å². The van der Waals surface area contributed by atoms with E-state index in [1.807, 2.05) is 21.0 Å². The number of halogens is 3. The first kappa shape index (κ1) is 20.7. The predicted octanol–water partition coefficient (Wildman–Crippen LogP) is 2.60. The van der Waals surface area contributed by atoms with E-state index in [1.165, 1.54) is 0 Å². The SMILES string of the molecule is CCNC(=NCC(C)(C)N(C)C)NCCc1nc(C(F)(F)F)cs1. The van der Waals surface area contributed by atoms with Gasteiger partial charge in [0.15, 0.2) is 11.7 Å². The van der Waals surface area contributed by atoms with Gasteiger partial charge in [-0.05, 0) is 34.9 Å². The fraction of sp³-hybridized carbons (Fsp3) is 0.733. The first-order chi connectivity index (χ1) is 11.1. The number of thiazole rings is 1. The lowest BCUT2D eigenvalue weighted by atomic mass is 10.1. The van der Waals surface area contributed by atoms with Gasteiger partial charge >= 0.3 is 6.18 Å². The van der Waals surface area contributed by atoms with Crippen LogP contribution in [-0.4, -0.2) is 55.1 Å². The second-order valence-electron chi connectivity index (χ2n) is 6.20. The summed E-state index contributed by atoms with van der Waals surface area (Å²) in [5.41, 5.74) is -0.907. The summed E-state index contributed by atoms with van der Waals surface area (Å²) in [6.07, 6.45) is -3.96. The summed E-state index contributed by atoms with van der Waals surface area (Å²) < 4.78 is 37.6. The number of guanidine groups is 1. The highest BCUT2D eigenvalue weighted by molar-refractivity contribution is 7.09. The molecule has 2 N–H and O–H groups in total. The van der Waals surface area contributed by atoms with Gasteiger partial charge in [0.2, 0.25) is 0 Å². The molecule has 1 heterocycles. The first-order valence-corrected chi connectivity index (χ1v) is 8.65. The summed E-state index contributed by atoms with van der Waals surface area (Å²) in [4.78, 5) is 10.2. The van der Waals surface area contributed by atoms with Crippen LogP contribution in [0.4, 0.5) is 13.2 Å². The number of aliphatic imine (C=N–C) groups is 1. The Bertz CT molecular complexity index is 537. The first-order valence-electron chi connectivity index (χ1n) is 7.77. The zero-order valence-corrected chi connectivity index (χ0v) is 15.6. The lowest BCUT2D eigenvalue weighted by molar-refractivity contribution is -0.140. The number of hydrogen-bond donors (Lipinski definition) is 2. The molecular weight excluding hydrogens is 339 g/mol. The van der Waals surface area contributed by atoms with Crippen molar-refractivity contribution in [3.63, 3.8) is 0 Å². The molecular formula is C15H26F3N5S. The molecule has 1 rings (SSSR count). The minimum atomic E-state index is -4.38. The Kier molecular flexibility index (Phi) is 7.47. The van der Waals surface area contributed by atoms with E-state index in [9.17, 15) is 13.2 Å². The third-order valence-electron chi connectivity index (χ3n) is 3.65. The molecule has 0 radical (unpaired) electrons. The molecule has 1 aromatic heterocycles. The Hall–Kier alpha value is -1.35. The molecule has 0 unspecified atom stereocenters. The summed E-state index contributed by atoms with van der Waals surface area (Å²) in [5, 5.41) is 7.78. The van der Waals surface area contributed by atoms with E-state index in [0.717, 1.165) is 16.7 Å². The van der Waals surface area contributed by atoms with Gasteiger partial charge in [0.25, 0.3) is 0 Å². The van der Waals surface area contributed by atoms with Crippen molar-refractivity contribution in [2.45, 2.75) is 38.9 Å². The van der Waals surface area contributed by atoms with Gasteiger partial charge < -0.3 is 15.5 Å². The summed E-state index contributed by atoms with van der Waals surface area (Å²) in [5.74, 6) is 0.653. The fourth-order valence-electron chi connectivity index (χ4n) is 1.60. The molecule has 0 amide bonds. The van der Waals surface area contributed by atoms with E-state index in [1.54, 1.807) is 0 Å². The van der Waals surface area contributed by atoms with Crippen LogP contribution in [0.25, 0.3) is 0 Å². The van der Waals surface area contributed by atoms with Crippen LogP contribution in [0.5, 0.6) is 0 Å². The van der Waals surface area contributed by atoms with Crippen LogP contribution in [0.1, 0.15) is 31.5 Å². The van der Waals surface area contributed by atoms with Gasteiger partial charge in [0.1, 0.15) is 0 Å². The standard InChI is InChI=1S/C15H26F3N5S/c1-6-19-13(21-10-14(2,3)23(4)5)20-8-7-12-22-11(9-24-12)15(16,17)18/h9H,6-8,10H2,1-5H3,(H2,19,20,21). The zero-order valence-electron chi connectivity index (χ0n) is 14.8. The fourth-order valence-corrected chi connectivity index (χ4v) is 2.40. The van der Waals surface area contributed by atoms with Crippen molar-refractivity contribution in [3.05, 3.63) is 16.1 Å². The van der Waals surface area contributed by atoms with Crippen LogP contribution < -0.4 is 10.6 Å². The number of alkyl halides is 3. The molecule has 138 valence electrons. The molecule has 0 aromatic carbocycles. The van der Waals surface area contributed by atoms with Gasteiger partial charge in [-0.15, -0.1) is 11.3 Å². The lowest BCUT2D eigenvalue weighted by Crippen LogP contribution is -2.44. The van der Waals surface area contributed by atoms with E-state index < -0.39 is 11.9 Å². The maximum Gasteiger partial charge on any atom is 0.434 e. The molecule has 9 heteroatoms. The Morgan fingerprint density at radius 2 is 1.96 bits per heavy atom. The number of rotatable bonds is 7. The Morgan fingerprint density at radius 1 is 1.29 bits per heavy atom. The molecule has 5 nitrogen and oxygen atoms in total. The maximum absolute atomic E-state index is 12.5. The molecule has 0 aliphatic heterocycles. The largest absolute Gasteiger partial charge is 0.434 e. The van der Waals surface area contributed by atoms with E-state index in [4.69, 9.17) is 0 Å². The average Bonchev–Trinajstić information content (AvgIpc) is 2.93. The topological polar surface area (TPSA) is 52.6 Å². The number of likely N-dealkylation sites (N-methyl/N-ethyl adjacent to an activating group) is 1. The summed E-state index contributed by atoms with van der Waals surface area (Å²) in [7, 11) is 3.99. The molecule has 0 saturated carbocycles. The zero-order chi connectivity index (χ0) is 18.4. The normalized spacial score (nSPS) is 13.5. The number of nitrogens with one attached hydrogen (secondary N) is 2. The predicted molar refractivity (Wildman–Crippen MR) is 92.6 cm³/mol. The smallest absolute Gasteiger partial charge is 0.357 e. The molecule has 0 saturated heterocycles. The van der Waals surface area contributed by atoms with Crippen LogP contribution in [0.3, 0.4) is 0 Å². The second kappa shape index (κ2) is 8.66. The molecule has 0 spiro atoms. The molecule has 0 aliphatic rings. The second-order valence-corrected chi connectivity index (χ2v) is 7.15. The highest BCUT2D eigenvalue weighted by Gasteiger charge is 2.33. The highest BCUT2D eigenvalue weighted by Crippen LogP contribution is 2.29. The minimum Gasteiger partial charge on any atom is -0.357 e. The van der Waals surface area contributed by atoms with Gasteiger partial charge in [-0.2, -0.15) is 13.2 Å². The van der Waals surface area contributed by atoms with Gasteiger partial charge in [0, 0.05) is 30.4 Å². The highest BCUT2D eigenvalue weighted by atomic mass is 32.1. The van der Waals surface area contributed by atoms with Crippen LogP contribution in [0.15, 0.2) is 10.4 Å². The third-order valence-corrected chi connectivity index (χ3v) is 4.56. The number of nitrogens with zero attached hydrogens (tertiary/aromatic N) is 3. The third kappa shape index (κ3) is 6.64. The molecule has 24 heavy (non-hydrogen) atoms. The summed E-state index contributed by atoms with van der Waals surface area (Å²) in [6.45, 7) is 7.93. The van der Waals surface area contributed by atoms with Crippen LogP contribution >= 0.6 is 11.3 Å². The van der Waals surface area contributed by atoms with Gasteiger partial charge in [-0.25, -0.2) is 4.98 Å². The van der Waals surface area contributed by atoms with Crippen molar-refractivity contribution in [2.75, 3.05) is 33.7 Å². The van der Waals surface area contributed by atoms with Gasteiger partial charge in [-0.1, -0.05) is 0 Å². The average molecular weight is 365 g/mol. The number of hydrogen-bond acceptors (Lipinski definition) is 4. The summed E-state index contributed by atoms with van der Waals surface area (Å²) >= 11 is 1.02. The van der Waals surface area contributed by atoms with Crippen molar-refractivity contribution < 1.29 is 13.2 Å². The molecule has 0 atom stereocenters. The maximum atomic E-state index is 12.5. The van der Waals surface area contributed by atoms with E-state index in [0.29, 0.717) is 37.0 Å². The van der Waals surface area contributed by atoms with E-state index >= 15 is 0 Å². The van der Waals surface area contributed by atoms with Gasteiger partial charge in [0.05, 0.1) is 11.6 Å². The Labute approximate surface area is 145 Å². The number of aromatic nitrogens is 1. The van der Waals surface area contributed by atoms with E-state index in [2.05, 4.69) is 39.4 Å². The van der Waals surface area contributed by atoms with E-state index in [-0.39, 0.29) is 5.54 Å². The monoisotopic (exact) mass is 365 g/mol. The molecule has 0 bridgehead atoms. The lowest BCUT2D eigenvalue weighted by Gasteiger charge is -2.31. The van der Waals surface area contributed by atoms with Crippen LogP contribution in [0, 0.1) is 0 Å².